The first-order valence-corrected chi connectivity index (χ1v) is 10.2. The van der Waals surface area contributed by atoms with Crippen LogP contribution in [0.4, 0.5) is 0 Å². The number of ether oxygens (including phenoxy) is 1. The molecule has 0 bridgehead atoms. The van der Waals surface area contributed by atoms with Crippen molar-refractivity contribution in [2.75, 3.05) is 6.54 Å². The average molecular weight is 399 g/mol. The lowest BCUT2D eigenvalue weighted by Gasteiger charge is -2.39. The molecule has 0 fully saturated rings. The molecule has 0 aromatic heterocycles. The van der Waals surface area contributed by atoms with Crippen LogP contribution in [0.15, 0.2) is 78.9 Å². The van der Waals surface area contributed by atoms with Crippen LogP contribution in [0.5, 0.6) is 0 Å². The molecule has 3 aromatic carbocycles. The molecule has 1 heterocycles. The van der Waals surface area contributed by atoms with E-state index >= 15 is 0 Å². The Balaban J connectivity index is 1.77. The fourth-order valence-corrected chi connectivity index (χ4v) is 4.12. The highest BCUT2D eigenvalue weighted by Crippen LogP contribution is 2.37. The Kier molecular flexibility index (Phi) is 5.66. The van der Waals surface area contributed by atoms with E-state index < -0.39 is 12.1 Å². The third-order valence-electron chi connectivity index (χ3n) is 5.57. The maximum Gasteiger partial charge on any atom is 0.303 e. The zero-order valence-electron chi connectivity index (χ0n) is 17.2. The Hall–Kier alpha value is -3.40. The Morgan fingerprint density at radius 2 is 1.60 bits per heavy atom. The maximum atomic E-state index is 13.7. The minimum absolute atomic E-state index is 0.198. The summed E-state index contributed by atoms with van der Waals surface area (Å²) in [6.45, 7) is 3.96. The number of esters is 1. The Bertz CT molecular complexity index is 1040. The number of carbonyl (C=O) groups is 2. The van der Waals surface area contributed by atoms with Crippen molar-refractivity contribution in [3.8, 4) is 0 Å². The van der Waals surface area contributed by atoms with Crippen LogP contribution in [0.25, 0.3) is 0 Å². The lowest BCUT2D eigenvalue weighted by Crippen LogP contribution is -2.43. The van der Waals surface area contributed by atoms with Gasteiger partial charge in [0.1, 0.15) is 0 Å². The molecule has 0 N–H and O–H groups in total. The first-order chi connectivity index (χ1) is 14.5. The van der Waals surface area contributed by atoms with E-state index in [4.69, 9.17) is 4.74 Å². The minimum atomic E-state index is -0.957. The lowest BCUT2D eigenvalue weighted by atomic mass is 9.87. The molecule has 0 saturated heterocycles. The van der Waals surface area contributed by atoms with E-state index in [1.807, 2.05) is 54.3 Å². The third kappa shape index (κ3) is 3.99. The number of rotatable bonds is 4. The predicted octanol–water partition coefficient (Wildman–Crippen LogP) is 4.77. The van der Waals surface area contributed by atoms with Gasteiger partial charge in [0.05, 0.1) is 6.04 Å². The molecular formula is C26H25NO3. The van der Waals surface area contributed by atoms with Crippen LogP contribution >= 0.6 is 0 Å². The fraction of sp³-hybridized carbons (Fsp3) is 0.231. The summed E-state index contributed by atoms with van der Waals surface area (Å²) < 4.78 is 5.51. The number of hydrogen-bond donors (Lipinski definition) is 0. The van der Waals surface area contributed by atoms with Gasteiger partial charge in [-0.2, -0.15) is 0 Å². The summed E-state index contributed by atoms with van der Waals surface area (Å²) in [5.74, 6) is -0.669. The van der Waals surface area contributed by atoms with Crippen molar-refractivity contribution >= 4 is 11.9 Å². The van der Waals surface area contributed by atoms with Crippen molar-refractivity contribution in [1.82, 2.24) is 4.90 Å². The Labute approximate surface area is 177 Å². The quantitative estimate of drug-likeness (QED) is 0.594. The number of aryl methyl sites for hydroxylation is 1. The minimum Gasteiger partial charge on any atom is -0.447 e. The van der Waals surface area contributed by atoms with Gasteiger partial charge in [0.15, 0.2) is 0 Å². The van der Waals surface area contributed by atoms with E-state index in [9.17, 15) is 9.59 Å². The number of benzene rings is 3. The van der Waals surface area contributed by atoms with Crippen molar-refractivity contribution in [1.29, 1.82) is 0 Å². The average Bonchev–Trinajstić information content (AvgIpc) is 2.77. The van der Waals surface area contributed by atoms with Gasteiger partial charge < -0.3 is 9.64 Å². The van der Waals surface area contributed by atoms with E-state index in [1.165, 1.54) is 18.1 Å². The summed E-state index contributed by atoms with van der Waals surface area (Å²) in [6, 6.07) is 25.5. The van der Waals surface area contributed by atoms with Crippen LogP contribution in [-0.2, 0) is 20.7 Å². The van der Waals surface area contributed by atoms with Crippen molar-refractivity contribution in [2.24, 2.45) is 0 Å². The highest BCUT2D eigenvalue weighted by atomic mass is 16.5. The molecular weight excluding hydrogens is 374 g/mol. The van der Waals surface area contributed by atoms with Crippen LogP contribution < -0.4 is 0 Å². The molecule has 4 rings (SSSR count). The van der Waals surface area contributed by atoms with E-state index in [2.05, 4.69) is 36.4 Å². The topological polar surface area (TPSA) is 46.6 Å². The number of amides is 1. The smallest absolute Gasteiger partial charge is 0.303 e. The first-order valence-electron chi connectivity index (χ1n) is 10.2. The van der Waals surface area contributed by atoms with Gasteiger partial charge in [0.25, 0.3) is 5.91 Å². The zero-order chi connectivity index (χ0) is 21.1. The van der Waals surface area contributed by atoms with Crippen molar-refractivity contribution in [3.63, 3.8) is 0 Å². The van der Waals surface area contributed by atoms with Gasteiger partial charge >= 0.3 is 5.97 Å². The highest BCUT2D eigenvalue weighted by molar-refractivity contribution is 5.85. The summed E-state index contributed by atoms with van der Waals surface area (Å²) in [5.41, 5.74) is 5.27. The van der Waals surface area contributed by atoms with Crippen molar-refractivity contribution in [2.45, 2.75) is 32.4 Å². The monoisotopic (exact) mass is 399 g/mol. The largest absolute Gasteiger partial charge is 0.447 e. The number of carbonyl (C=O) groups excluding carboxylic acids is 2. The number of fused-ring (bicyclic) bond motifs is 1. The van der Waals surface area contributed by atoms with Gasteiger partial charge in [-0.3, -0.25) is 9.59 Å². The molecule has 1 amide bonds. The molecule has 1 aliphatic rings. The van der Waals surface area contributed by atoms with Crippen molar-refractivity contribution in [3.05, 3.63) is 107 Å². The SMILES string of the molecule is CC(=O)OC(C(=O)N1CCc2ccccc2C1c1ccc(C)cc1)c1ccccc1. The summed E-state index contributed by atoms with van der Waals surface area (Å²) in [6.07, 6.45) is -0.187. The summed E-state index contributed by atoms with van der Waals surface area (Å²) >= 11 is 0. The molecule has 0 spiro atoms. The molecule has 4 heteroatoms. The van der Waals surface area contributed by atoms with E-state index in [0.717, 1.165) is 17.5 Å². The second-order valence-electron chi connectivity index (χ2n) is 7.69. The van der Waals surface area contributed by atoms with Crippen LogP contribution in [0.2, 0.25) is 0 Å². The molecule has 3 aromatic rings. The highest BCUT2D eigenvalue weighted by Gasteiger charge is 2.37. The van der Waals surface area contributed by atoms with Crippen LogP contribution in [0.3, 0.4) is 0 Å². The van der Waals surface area contributed by atoms with Gasteiger partial charge in [-0.15, -0.1) is 0 Å². The summed E-state index contributed by atoms with van der Waals surface area (Å²) in [5, 5.41) is 0. The zero-order valence-corrected chi connectivity index (χ0v) is 17.2. The van der Waals surface area contributed by atoms with E-state index in [0.29, 0.717) is 12.1 Å². The second-order valence-corrected chi connectivity index (χ2v) is 7.69. The molecule has 30 heavy (non-hydrogen) atoms. The molecule has 0 saturated carbocycles. The third-order valence-corrected chi connectivity index (χ3v) is 5.57. The second kappa shape index (κ2) is 8.54. The molecule has 1 aliphatic heterocycles. The van der Waals surface area contributed by atoms with Gasteiger partial charge in [-0.1, -0.05) is 84.4 Å². The van der Waals surface area contributed by atoms with E-state index in [1.54, 1.807) is 0 Å². The van der Waals surface area contributed by atoms with Crippen LogP contribution in [-0.4, -0.2) is 23.3 Å². The molecule has 0 radical (unpaired) electrons. The summed E-state index contributed by atoms with van der Waals surface area (Å²) in [7, 11) is 0. The van der Waals surface area contributed by atoms with Crippen LogP contribution in [0.1, 0.15) is 46.9 Å². The lowest BCUT2D eigenvalue weighted by molar-refractivity contribution is -0.160. The standard InChI is InChI=1S/C26H25NO3/c1-18-12-14-21(15-13-18)24-23-11-7-6-8-20(23)16-17-27(24)26(29)25(30-19(2)28)22-9-4-3-5-10-22/h3-15,24-25H,16-17H2,1-2H3. The van der Waals surface area contributed by atoms with Crippen molar-refractivity contribution < 1.29 is 14.3 Å². The molecule has 4 nitrogen and oxygen atoms in total. The predicted molar refractivity (Wildman–Crippen MR) is 116 cm³/mol. The Morgan fingerprint density at radius 1 is 0.933 bits per heavy atom. The van der Waals surface area contributed by atoms with E-state index in [-0.39, 0.29) is 11.9 Å². The fourth-order valence-electron chi connectivity index (χ4n) is 4.12. The number of hydrogen-bond acceptors (Lipinski definition) is 3. The Morgan fingerprint density at radius 3 is 2.30 bits per heavy atom. The van der Waals surface area contributed by atoms with Gasteiger partial charge in [0.2, 0.25) is 6.10 Å². The maximum absolute atomic E-state index is 13.7. The van der Waals surface area contributed by atoms with Crippen LogP contribution in [0, 0.1) is 6.92 Å². The molecule has 152 valence electrons. The van der Waals surface area contributed by atoms with Gasteiger partial charge in [0, 0.05) is 19.0 Å². The normalized spacial score (nSPS) is 16.5. The number of nitrogens with zero attached hydrogens (tertiary/aromatic N) is 1. The summed E-state index contributed by atoms with van der Waals surface area (Å²) in [4.78, 5) is 27.4. The van der Waals surface area contributed by atoms with Gasteiger partial charge in [-0.25, -0.2) is 0 Å². The first kappa shape index (κ1) is 19.9. The molecule has 2 unspecified atom stereocenters. The molecule has 0 aliphatic carbocycles. The van der Waals surface area contributed by atoms with Gasteiger partial charge in [-0.05, 0) is 30.0 Å². The molecule has 2 atom stereocenters.